The number of para-hydroxylation sites is 1. The zero-order valence-corrected chi connectivity index (χ0v) is 18.2. The Morgan fingerprint density at radius 1 is 0.394 bits per heavy atom. The Hall–Kier alpha value is -4.36. The summed E-state index contributed by atoms with van der Waals surface area (Å²) in [6, 6.07) is 47.5. The van der Waals surface area contributed by atoms with E-state index in [9.17, 15) is 0 Å². The standard InChI is InChI=1S/C32H23N/c1-2-11-24(12-3-1)28-16-5-7-18-30(28)31-19-8-6-17-29(31)26-14-10-15-27(23-26)33-22-21-25-13-4-9-20-32(25)33/h1-23H. The van der Waals surface area contributed by atoms with Crippen LogP contribution in [0.4, 0.5) is 0 Å². The van der Waals surface area contributed by atoms with E-state index >= 15 is 0 Å². The Kier molecular flexibility index (Phi) is 4.86. The minimum Gasteiger partial charge on any atom is -0.317 e. The van der Waals surface area contributed by atoms with Gasteiger partial charge in [0.2, 0.25) is 0 Å². The minimum atomic E-state index is 1.17. The van der Waals surface area contributed by atoms with E-state index in [2.05, 4.69) is 144 Å². The third kappa shape index (κ3) is 3.54. The molecule has 0 unspecified atom stereocenters. The van der Waals surface area contributed by atoms with Crippen molar-refractivity contribution >= 4 is 10.9 Å². The second-order valence-electron chi connectivity index (χ2n) is 8.25. The fourth-order valence-corrected chi connectivity index (χ4v) is 4.69. The molecule has 0 aliphatic rings. The predicted octanol–water partition coefficient (Wildman–Crippen LogP) is 8.63. The fourth-order valence-electron chi connectivity index (χ4n) is 4.69. The van der Waals surface area contributed by atoms with E-state index in [1.54, 1.807) is 0 Å². The van der Waals surface area contributed by atoms with Gasteiger partial charge < -0.3 is 4.57 Å². The van der Waals surface area contributed by atoms with Crippen LogP contribution in [0.25, 0.3) is 50.0 Å². The SMILES string of the molecule is c1ccc(-c2ccccc2-c2ccccc2-c2cccc(-n3ccc4ccccc43)c2)cc1. The van der Waals surface area contributed by atoms with Gasteiger partial charge in [-0.2, -0.15) is 0 Å². The first-order valence-electron chi connectivity index (χ1n) is 11.3. The van der Waals surface area contributed by atoms with Gasteiger partial charge >= 0.3 is 0 Å². The second-order valence-corrected chi connectivity index (χ2v) is 8.25. The van der Waals surface area contributed by atoms with E-state index in [0.29, 0.717) is 0 Å². The molecule has 1 aromatic heterocycles. The summed E-state index contributed by atoms with van der Waals surface area (Å²) in [5.74, 6) is 0. The maximum atomic E-state index is 2.29. The molecular formula is C32H23N. The Morgan fingerprint density at radius 2 is 0.970 bits per heavy atom. The smallest absolute Gasteiger partial charge is 0.0528 e. The quantitative estimate of drug-likeness (QED) is 0.268. The van der Waals surface area contributed by atoms with Crippen LogP contribution in [0.1, 0.15) is 0 Å². The zero-order chi connectivity index (χ0) is 22.0. The van der Waals surface area contributed by atoms with E-state index in [1.807, 2.05) is 0 Å². The molecule has 1 heterocycles. The van der Waals surface area contributed by atoms with Crippen LogP contribution < -0.4 is 0 Å². The van der Waals surface area contributed by atoms with Crippen molar-refractivity contribution in [2.75, 3.05) is 0 Å². The number of aromatic nitrogens is 1. The van der Waals surface area contributed by atoms with Crippen molar-refractivity contribution in [2.45, 2.75) is 0 Å². The Morgan fingerprint density at radius 3 is 1.73 bits per heavy atom. The van der Waals surface area contributed by atoms with Gasteiger partial charge in [0.1, 0.15) is 0 Å². The molecule has 156 valence electrons. The maximum Gasteiger partial charge on any atom is 0.0528 e. The Bertz CT molecular complexity index is 1560. The highest BCUT2D eigenvalue weighted by Crippen LogP contribution is 2.38. The van der Waals surface area contributed by atoms with Crippen LogP contribution >= 0.6 is 0 Å². The van der Waals surface area contributed by atoms with Gasteiger partial charge in [0.25, 0.3) is 0 Å². The molecule has 0 aliphatic carbocycles. The fraction of sp³-hybridized carbons (Fsp3) is 0. The summed E-state index contributed by atoms with van der Waals surface area (Å²) in [5, 5.41) is 1.25. The van der Waals surface area contributed by atoms with Crippen LogP contribution in [-0.4, -0.2) is 4.57 Å². The van der Waals surface area contributed by atoms with Gasteiger partial charge in [-0.05, 0) is 63.0 Å². The number of hydrogen-bond acceptors (Lipinski definition) is 0. The molecule has 6 aromatic rings. The molecule has 1 heteroatoms. The van der Waals surface area contributed by atoms with Crippen LogP contribution in [0.15, 0.2) is 140 Å². The number of fused-ring (bicyclic) bond motifs is 1. The third-order valence-corrected chi connectivity index (χ3v) is 6.26. The lowest BCUT2D eigenvalue weighted by atomic mass is 9.89. The summed E-state index contributed by atoms with van der Waals surface area (Å²) in [4.78, 5) is 0. The molecule has 33 heavy (non-hydrogen) atoms. The van der Waals surface area contributed by atoms with Gasteiger partial charge in [0.05, 0.1) is 5.52 Å². The molecule has 0 radical (unpaired) electrons. The van der Waals surface area contributed by atoms with Crippen molar-refractivity contribution in [3.05, 3.63) is 140 Å². The summed E-state index contributed by atoms with van der Waals surface area (Å²) < 4.78 is 2.26. The van der Waals surface area contributed by atoms with Gasteiger partial charge in [0.15, 0.2) is 0 Å². The molecule has 0 spiro atoms. The zero-order valence-electron chi connectivity index (χ0n) is 18.2. The summed E-state index contributed by atoms with van der Waals surface area (Å²) >= 11 is 0. The Labute approximate surface area is 194 Å². The Balaban J connectivity index is 1.50. The third-order valence-electron chi connectivity index (χ3n) is 6.26. The van der Waals surface area contributed by atoms with Crippen molar-refractivity contribution in [2.24, 2.45) is 0 Å². The lowest BCUT2D eigenvalue weighted by Crippen LogP contribution is -1.93. The topological polar surface area (TPSA) is 4.93 Å². The largest absolute Gasteiger partial charge is 0.317 e. The first kappa shape index (κ1) is 19.3. The van der Waals surface area contributed by atoms with E-state index in [0.717, 1.165) is 0 Å². The first-order valence-corrected chi connectivity index (χ1v) is 11.3. The van der Waals surface area contributed by atoms with Gasteiger partial charge in [-0.25, -0.2) is 0 Å². The molecule has 0 amide bonds. The van der Waals surface area contributed by atoms with Crippen LogP contribution in [-0.2, 0) is 0 Å². The van der Waals surface area contributed by atoms with E-state index in [4.69, 9.17) is 0 Å². The molecule has 0 bridgehead atoms. The normalized spacial score (nSPS) is 11.0. The summed E-state index contributed by atoms with van der Waals surface area (Å²) in [6.45, 7) is 0. The number of hydrogen-bond donors (Lipinski definition) is 0. The molecule has 1 nitrogen and oxygen atoms in total. The first-order chi connectivity index (χ1) is 16.4. The second kappa shape index (κ2) is 8.29. The molecule has 0 fully saturated rings. The average Bonchev–Trinajstić information content (AvgIpc) is 3.34. The van der Waals surface area contributed by atoms with E-state index in [-0.39, 0.29) is 0 Å². The highest BCUT2D eigenvalue weighted by atomic mass is 15.0. The van der Waals surface area contributed by atoms with Gasteiger partial charge in [-0.1, -0.05) is 109 Å². The van der Waals surface area contributed by atoms with Crippen LogP contribution in [0, 0.1) is 0 Å². The van der Waals surface area contributed by atoms with Crippen molar-refractivity contribution in [3.63, 3.8) is 0 Å². The molecule has 0 saturated carbocycles. The van der Waals surface area contributed by atoms with Crippen molar-refractivity contribution < 1.29 is 0 Å². The van der Waals surface area contributed by atoms with E-state index in [1.165, 1.54) is 50.0 Å². The highest BCUT2D eigenvalue weighted by Gasteiger charge is 2.13. The molecule has 6 rings (SSSR count). The molecular weight excluding hydrogens is 398 g/mol. The summed E-state index contributed by atoms with van der Waals surface area (Å²) in [7, 11) is 0. The highest BCUT2D eigenvalue weighted by molar-refractivity contribution is 5.92. The molecule has 0 N–H and O–H groups in total. The van der Waals surface area contributed by atoms with E-state index < -0.39 is 0 Å². The van der Waals surface area contributed by atoms with Crippen molar-refractivity contribution in [1.82, 2.24) is 4.57 Å². The summed E-state index contributed by atoms with van der Waals surface area (Å²) in [6.07, 6.45) is 2.15. The molecule has 0 saturated heterocycles. The van der Waals surface area contributed by atoms with Crippen LogP contribution in [0.2, 0.25) is 0 Å². The van der Waals surface area contributed by atoms with Crippen molar-refractivity contribution in [3.8, 4) is 39.1 Å². The van der Waals surface area contributed by atoms with Crippen LogP contribution in [0.3, 0.4) is 0 Å². The number of benzene rings is 5. The maximum absolute atomic E-state index is 2.29. The van der Waals surface area contributed by atoms with Crippen LogP contribution in [0.5, 0.6) is 0 Å². The molecule has 5 aromatic carbocycles. The average molecular weight is 422 g/mol. The van der Waals surface area contributed by atoms with Crippen molar-refractivity contribution in [1.29, 1.82) is 0 Å². The van der Waals surface area contributed by atoms with Gasteiger partial charge in [0, 0.05) is 11.9 Å². The van der Waals surface area contributed by atoms with Gasteiger partial charge in [-0.15, -0.1) is 0 Å². The number of rotatable bonds is 4. The molecule has 0 atom stereocenters. The molecule has 0 aliphatic heterocycles. The minimum absolute atomic E-state index is 1.17. The lowest BCUT2D eigenvalue weighted by Gasteiger charge is -2.15. The lowest BCUT2D eigenvalue weighted by molar-refractivity contribution is 1.13. The van der Waals surface area contributed by atoms with Gasteiger partial charge in [-0.3, -0.25) is 0 Å². The summed E-state index contributed by atoms with van der Waals surface area (Å²) in [5.41, 5.74) is 9.80. The monoisotopic (exact) mass is 421 g/mol. The number of nitrogens with zero attached hydrogens (tertiary/aromatic N) is 1. The predicted molar refractivity (Wildman–Crippen MR) is 140 cm³/mol.